The highest BCUT2D eigenvalue weighted by Crippen LogP contribution is 2.15. The minimum atomic E-state index is -0.698. The molecule has 0 saturated carbocycles. The van der Waals surface area contributed by atoms with Crippen molar-refractivity contribution in [3.63, 3.8) is 0 Å². The molecule has 0 atom stereocenters. The molecule has 2 rings (SSSR count). The third kappa shape index (κ3) is 4.13. The van der Waals surface area contributed by atoms with Gasteiger partial charge in [-0.3, -0.25) is 10.9 Å². The number of hydrazine groups is 1. The Bertz CT molecular complexity index is 674. The van der Waals surface area contributed by atoms with Gasteiger partial charge in [-0.15, -0.1) is 0 Å². The summed E-state index contributed by atoms with van der Waals surface area (Å²) in [6.07, 6.45) is 0. The number of anilines is 2. The fraction of sp³-hybridized carbons (Fsp3) is 0.133. The van der Waals surface area contributed by atoms with Crippen molar-refractivity contribution < 1.29 is 8.78 Å². The Hall–Kier alpha value is -2.21. The lowest BCUT2D eigenvalue weighted by atomic mass is 10.1. The molecular formula is C15H15F2N3S. The smallest absolute Gasteiger partial charge is 0.189 e. The van der Waals surface area contributed by atoms with E-state index in [2.05, 4.69) is 16.2 Å². The Labute approximate surface area is 127 Å². The molecule has 0 heterocycles. The quantitative estimate of drug-likeness (QED) is 0.594. The van der Waals surface area contributed by atoms with Crippen molar-refractivity contribution in [1.82, 2.24) is 5.43 Å². The molecule has 0 saturated heterocycles. The molecular weight excluding hydrogens is 292 g/mol. The molecule has 0 aliphatic heterocycles. The first kappa shape index (κ1) is 15.2. The molecule has 0 fully saturated rings. The molecule has 0 amide bonds. The second-order valence-electron chi connectivity index (χ2n) is 4.63. The number of rotatable bonds is 3. The van der Waals surface area contributed by atoms with Crippen LogP contribution in [0.4, 0.5) is 20.2 Å². The first-order valence-electron chi connectivity index (χ1n) is 6.31. The maximum Gasteiger partial charge on any atom is 0.189 e. The average Bonchev–Trinajstić information content (AvgIpc) is 2.42. The number of nitrogens with one attached hydrogen (secondary N) is 3. The Morgan fingerprint density at radius 3 is 2.43 bits per heavy atom. The fourth-order valence-electron chi connectivity index (χ4n) is 1.70. The van der Waals surface area contributed by atoms with Crippen LogP contribution in [0.25, 0.3) is 0 Å². The standard InChI is InChI=1S/C15H15F2N3S/c1-9-3-5-12(7-10(9)2)18-15(21)20-19-14-6-4-11(16)8-13(14)17/h3-8,19H,1-2H3,(H2,18,20,21). The van der Waals surface area contributed by atoms with Gasteiger partial charge in [-0.2, -0.15) is 0 Å². The summed E-state index contributed by atoms with van der Waals surface area (Å²) in [6, 6.07) is 9.08. The number of hydrogen-bond donors (Lipinski definition) is 3. The molecule has 0 bridgehead atoms. The highest BCUT2D eigenvalue weighted by atomic mass is 32.1. The summed E-state index contributed by atoms with van der Waals surface area (Å²) < 4.78 is 26.2. The zero-order valence-corrected chi connectivity index (χ0v) is 12.4. The molecule has 110 valence electrons. The predicted molar refractivity (Wildman–Crippen MR) is 85.3 cm³/mol. The van der Waals surface area contributed by atoms with E-state index in [1.807, 2.05) is 32.0 Å². The minimum Gasteiger partial charge on any atom is -0.331 e. The van der Waals surface area contributed by atoms with E-state index in [0.29, 0.717) is 0 Å². The second-order valence-corrected chi connectivity index (χ2v) is 5.04. The number of hydrogen-bond acceptors (Lipinski definition) is 2. The van der Waals surface area contributed by atoms with Crippen LogP contribution in [0.1, 0.15) is 11.1 Å². The van der Waals surface area contributed by atoms with Crippen LogP contribution < -0.4 is 16.2 Å². The molecule has 0 aliphatic carbocycles. The lowest BCUT2D eigenvalue weighted by molar-refractivity contribution is 0.585. The lowest BCUT2D eigenvalue weighted by Gasteiger charge is -2.13. The number of benzene rings is 2. The Morgan fingerprint density at radius 1 is 1.00 bits per heavy atom. The Kier molecular flexibility index (Phi) is 4.70. The van der Waals surface area contributed by atoms with Crippen LogP contribution in [0.15, 0.2) is 36.4 Å². The third-order valence-electron chi connectivity index (χ3n) is 3.01. The number of thiocarbonyl (C=S) groups is 1. The SMILES string of the molecule is Cc1ccc(NC(=S)NNc2ccc(F)cc2F)cc1C. The van der Waals surface area contributed by atoms with E-state index in [1.165, 1.54) is 11.6 Å². The van der Waals surface area contributed by atoms with Gasteiger partial charge in [-0.05, 0) is 61.5 Å². The highest BCUT2D eigenvalue weighted by molar-refractivity contribution is 7.80. The summed E-state index contributed by atoms with van der Waals surface area (Å²) in [4.78, 5) is 0. The van der Waals surface area contributed by atoms with Crippen molar-refractivity contribution in [3.8, 4) is 0 Å². The Morgan fingerprint density at radius 2 is 1.76 bits per heavy atom. The highest BCUT2D eigenvalue weighted by Gasteiger charge is 2.04. The van der Waals surface area contributed by atoms with Crippen LogP contribution in [-0.4, -0.2) is 5.11 Å². The zero-order chi connectivity index (χ0) is 15.4. The zero-order valence-electron chi connectivity index (χ0n) is 11.6. The summed E-state index contributed by atoms with van der Waals surface area (Å²) in [5, 5.41) is 3.25. The summed E-state index contributed by atoms with van der Waals surface area (Å²) in [6.45, 7) is 4.03. The molecule has 0 aliphatic rings. The predicted octanol–water partition coefficient (Wildman–Crippen LogP) is 3.90. The first-order valence-corrected chi connectivity index (χ1v) is 6.72. The second kappa shape index (κ2) is 6.49. The van der Waals surface area contributed by atoms with Crippen LogP contribution in [0.3, 0.4) is 0 Å². The molecule has 6 heteroatoms. The van der Waals surface area contributed by atoms with Gasteiger partial charge >= 0.3 is 0 Å². The van der Waals surface area contributed by atoms with Gasteiger partial charge in [0, 0.05) is 11.8 Å². The number of halogens is 2. The van der Waals surface area contributed by atoms with Crippen LogP contribution in [0, 0.1) is 25.5 Å². The van der Waals surface area contributed by atoms with E-state index in [-0.39, 0.29) is 10.8 Å². The summed E-state index contributed by atoms with van der Waals surface area (Å²) in [7, 11) is 0. The van der Waals surface area contributed by atoms with Crippen molar-refractivity contribution >= 4 is 28.7 Å². The van der Waals surface area contributed by atoms with Gasteiger partial charge in [-0.25, -0.2) is 8.78 Å². The molecule has 3 nitrogen and oxygen atoms in total. The van der Waals surface area contributed by atoms with Crippen LogP contribution in [0.5, 0.6) is 0 Å². The summed E-state index contributed by atoms with van der Waals surface area (Å²) >= 11 is 5.10. The van der Waals surface area contributed by atoms with Gasteiger partial charge in [0.2, 0.25) is 0 Å². The van der Waals surface area contributed by atoms with Crippen LogP contribution in [0.2, 0.25) is 0 Å². The molecule has 0 aromatic heterocycles. The number of aryl methyl sites for hydroxylation is 2. The lowest BCUT2D eigenvalue weighted by Crippen LogP contribution is -2.33. The Balaban J connectivity index is 1.94. The third-order valence-corrected chi connectivity index (χ3v) is 3.21. The largest absolute Gasteiger partial charge is 0.331 e. The van der Waals surface area contributed by atoms with E-state index in [0.717, 1.165) is 23.4 Å². The molecule has 2 aromatic rings. The topological polar surface area (TPSA) is 36.1 Å². The van der Waals surface area contributed by atoms with Crippen molar-refractivity contribution in [1.29, 1.82) is 0 Å². The minimum absolute atomic E-state index is 0.112. The van der Waals surface area contributed by atoms with E-state index in [9.17, 15) is 8.78 Å². The van der Waals surface area contributed by atoms with Gasteiger partial charge in [0.1, 0.15) is 5.82 Å². The normalized spacial score (nSPS) is 10.1. The van der Waals surface area contributed by atoms with Crippen molar-refractivity contribution in [3.05, 3.63) is 59.2 Å². The fourth-order valence-corrected chi connectivity index (χ4v) is 1.87. The van der Waals surface area contributed by atoms with Gasteiger partial charge in [0.05, 0.1) is 5.69 Å². The molecule has 0 unspecified atom stereocenters. The van der Waals surface area contributed by atoms with Gasteiger partial charge < -0.3 is 5.32 Å². The molecule has 0 spiro atoms. The summed E-state index contributed by atoms with van der Waals surface area (Å²) in [5.41, 5.74) is 8.51. The monoisotopic (exact) mass is 307 g/mol. The van der Waals surface area contributed by atoms with Crippen molar-refractivity contribution in [2.75, 3.05) is 10.7 Å². The van der Waals surface area contributed by atoms with E-state index >= 15 is 0 Å². The van der Waals surface area contributed by atoms with Crippen LogP contribution in [-0.2, 0) is 0 Å². The van der Waals surface area contributed by atoms with E-state index in [4.69, 9.17) is 12.2 Å². The van der Waals surface area contributed by atoms with Gasteiger partial charge in [-0.1, -0.05) is 6.07 Å². The van der Waals surface area contributed by atoms with E-state index in [1.54, 1.807) is 0 Å². The average molecular weight is 307 g/mol. The van der Waals surface area contributed by atoms with Crippen molar-refractivity contribution in [2.45, 2.75) is 13.8 Å². The maximum atomic E-state index is 13.4. The van der Waals surface area contributed by atoms with Crippen LogP contribution >= 0.6 is 12.2 Å². The summed E-state index contributed by atoms with van der Waals surface area (Å²) in [5.74, 6) is -1.33. The molecule has 3 N–H and O–H groups in total. The first-order chi connectivity index (χ1) is 9.95. The molecule has 2 aromatic carbocycles. The maximum absolute atomic E-state index is 13.4. The molecule has 21 heavy (non-hydrogen) atoms. The van der Waals surface area contributed by atoms with Gasteiger partial charge in [0.25, 0.3) is 0 Å². The van der Waals surface area contributed by atoms with E-state index < -0.39 is 11.6 Å². The van der Waals surface area contributed by atoms with Gasteiger partial charge in [0.15, 0.2) is 10.9 Å². The van der Waals surface area contributed by atoms with Crippen molar-refractivity contribution in [2.24, 2.45) is 0 Å². The molecule has 0 radical (unpaired) electrons.